The fraction of sp³-hybridized carbons (Fsp3) is 0.238. The first-order chi connectivity index (χ1) is 13.2. The van der Waals surface area contributed by atoms with Crippen LogP contribution in [0.3, 0.4) is 0 Å². The van der Waals surface area contributed by atoms with E-state index in [0.29, 0.717) is 29.7 Å². The van der Waals surface area contributed by atoms with Crippen LogP contribution in [0.1, 0.15) is 6.92 Å². The first-order valence-electron chi connectivity index (χ1n) is 8.56. The first-order valence-corrected chi connectivity index (χ1v) is 8.56. The summed E-state index contributed by atoms with van der Waals surface area (Å²) in [5.41, 5.74) is 2.51. The van der Waals surface area contributed by atoms with Crippen molar-refractivity contribution in [1.82, 2.24) is 9.97 Å². The molecule has 1 aromatic heterocycles. The van der Waals surface area contributed by atoms with Gasteiger partial charge in [-0.1, -0.05) is 0 Å². The Kier molecular flexibility index (Phi) is 5.76. The van der Waals surface area contributed by atoms with Crippen LogP contribution in [0.4, 0.5) is 0 Å². The minimum atomic E-state index is 0.546. The monoisotopic (exact) mass is 366 g/mol. The van der Waals surface area contributed by atoms with Crippen LogP contribution >= 0.6 is 0 Å². The van der Waals surface area contributed by atoms with Crippen LogP contribution in [-0.2, 0) is 0 Å². The topological polar surface area (TPSA) is 62.7 Å². The van der Waals surface area contributed by atoms with E-state index in [0.717, 1.165) is 22.6 Å². The van der Waals surface area contributed by atoms with Gasteiger partial charge in [0, 0.05) is 17.3 Å². The zero-order chi connectivity index (χ0) is 19.2. The molecule has 0 bridgehead atoms. The van der Waals surface area contributed by atoms with Gasteiger partial charge in [-0.05, 0) is 49.4 Å². The van der Waals surface area contributed by atoms with Gasteiger partial charge in [0.25, 0.3) is 0 Å². The van der Waals surface area contributed by atoms with E-state index in [1.54, 1.807) is 27.5 Å². The predicted octanol–water partition coefficient (Wildman–Crippen LogP) is 4.24. The van der Waals surface area contributed by atoms with Gasteiger partial charge >= 0.3 is 0 Å². The SMILES string of the molecule is CCOc1ccc(-c2nccc(-c3cc(OC)c(OC)c(OC)c3)n2)cc1. The Labute approximate surface area is 158 Å². The van der Waals surface area contributed by atoms with Crippen molar-refractivity contribution in [3.8, 4) is 45.6 Å². The number of rotatable bonds is 7. The van der Waals surface area contributed by atoms with Gasteiger partial charge < -0.3 is 18.9 Å². The molecule has 3 rings (SSSR count). The number of ether oxygens (including phenoxy) is 4. The Morgan fingerprint density at radius 1 is 0.815 bits per heavy atom. The van der Waals surface area contributed by atoms with E-state index in [2.05, 4.69) is 4.98 Å². The Balaban J connectivity index is 2.00. The molecule has 0 radical (unpaired) electrons. The molecule has 2 aromatic carbocycles. The summed E-state index contributed by atoms with van der Waals surface area (Å²) in [6.45, 7) is 2.59. The maximum Gasteiger partial charge on any atom is 0.203 e. The highest BCUT2D eigenvalue weighted by molar-refractivity contribution is 5.70. The minimum Gasteiger partial charge on any atom is -0.494 e. The number of aromatic nitrogens is 2. The highest BCUT2D eigenvalue weighted by atomic mass is 16.5. The van der Waals surface area contributed by atoms with Gasteiger partial charge in [0.15, 0.2) is 17.3 Å². The molecule has 140 valence electrons. The number of hydrogen-bond acceptors (Lipinski definition) is 6. The molecule has 0 N–H and O–H groups in total. The van der Waals surface area contributed by atoms with Crippen LogP contribution in [0.25, 0.3) is 22.6 Å². The van der Waals surface area contributed by atoms with E-state index in [1.165, 1.54) is 0 Å². The Morgan fingerprint density at radius 3 is 2.04 bits per heavy atom. The molecule has 3 aromatic rings. The van der Waals surface area contributed by atoms with Gasteiger partial charge in [0.2, 0.25) is 5.75 Å². The van der Waals surface area contributed by atoms with Gasteiger partial charge in [-0.3, -0.25) is 0 Å². The van der Waals surface area contributed by atoms with E-state index in [1.807, 2.05) is 49.4 Å². The molecular weight excluding hydrogens is 344 g/mol. The second-order valence-corrected chi connectivity index (χ2v) is 5.64. The minimum absolute atomic E-state index is 0.546. The summed E-state index contributed by atoms with van der Waals surface area (Å²) in [5.74, 6) is 3.15. The third-order valence-electron chi connectivity index (χ3n) is 4.04. The fourth-order valence-electron chi connectivity index (χ4n) is 2.75. The summed E-state index contributed by atoms with van der Waals surface area (Å²) in [7, 11) is 4.76. The van der Waals surface area contributed by atoms with Crippen LogP contribution in [0.15, 0.2) is 48.7 Å². The molecule has 0 fully saturated rings. The molecule has 0 aliphatic carbocycles. The van der Waals surface area contributed by atoms with Crippen molar-refractivity contribution in [2.75, 3.05) is 27.9 Å². The van der Waals surface area contributed by atoms with E-state index >= 15 is 0 Å². The maximum absolute atomic E-state index is 5.48. The normalized spacial score (nSPS) is 10.4. The lowest BCUT2D eigenvalue weighted by molar-refractivity contribution is 0.324. The summed E-state index contributed by atoms with van der Waals surface area (Å²) in [6.07, 6.45) is 1.73. The van der Waals surface area contributed by atoms with Crippen molar-refractivity contribution in [2.24, 2.45) is 0 Å². The maximum atomic E-state index is 5.48. The summed E-state index contributed by atoms with van der Waals surface area (Å²) in [5, 5.41) is 0. The van der Waals surface area contributed by atoms with Crippen LogP contribution < -0.4 is 18.9 Å². The molecular formula is C21H22N2O4. The summed E-state index contributed by atoms with van der Waals surface area (Å²) in [4.78, 5) is 9.08. The Hall–Kier alpha value is -3.28. The Bertz CT molecular complexity index is 885. The van der Waals surface area contributed by atoms with Crippen LogP contribution in [-0.4, -0.2) is 37.9 Å². The average molecular weight is 366 g/mol. The average Bonchev–Trinajstić information content (AvgIpc) is 2.73. The lowest BCUT2D eigenvalue weighted by Gasteiger charge is -2.14. The van der Waals surface area contributed by atoms with Crippen molar-refractivity contribution in [3.63, 3.8) is 0 Å². The van der Waals surface area contributed by atoms with Gasteiger partial charge in [-0.2, -0.15) is 0 Å². The molecule has 0 spiro atoms. The number of hydrogen-bond donors (Lipinski definition) is 0. The lowest BCUT2D eigenvalue weighted by Crippen LogP contribution is -1.97. The van der Waals surface area contributed by atoms with E-state index < -0.39 is 0 Å². The van der Waals surface area contributed by atoms with Gasteiger partial charge in [-0.25, -0.2) is 9.97 Å². The lowest BCUT2D eigenvalue weighted by atomic mass is 10.1. The molecule has 0 saturated heterocycles. The van der Waals surface area contributed by atoms with E-state index in [-0.39, 0.29) is 0 Å². The third kappa shape index (κ3) is 3.95. The summed E-state index contributed by atoms with van der Waals surface area (Å²) in [6, 6.07) is 13.3. The van der Waals surface area contributed by atoms with Gasteiger partial charge in [-0.15, -0.1) is 0 Å². The molecule has 6 nitrogen and oxygen atoms in total. The van der Waals surface area contributed by atoms with Crippen LogP contribution in [0.5, 0.6) is 23.0 Å². The quantitative estimate of drug-likeness (QED) is 0.623. The van der Waals surface area contributed by atoms with Crippen molar-refractivity contribution in [1.29, 1.82) is 0 Å². The number of benzene rings is 2. The standard InChI is InChI=1S/C21H22N2O4/c1-5-27-16-8-6-14(7-9-16)21-22-11-10-17(23-21)15-12-18(24-2)20(26-4)19(13-15)25-3/h6-13H,5H2,1-4H3. The molecule has 27 heavy (non-hydrogen) atoms. The van der Waals surface area contributed by atoms with Crippen molar-refractivity contribution >= 4 is 0 Å². The smallest absolute Gasteiger partial charge is 0.203 e. The zero-order valence-electron chi connectivity index (χ0n) is 15.9. The second kappa shape index (κ2) is 8.40. The molecule has 0 unspecified atom stereocenters. The molecule has 1 heterocycles. The fourth-order valence-corrected chi connectivity index (χ4v) is 2.75. The third-order valence-corrected chi connectivity index (χ3v) is 4.04. The van der Waals surface area contributed by atoms with E-state index in [4.69, 9.17) is 23.9 Å². The molecule has 0 saturated carbocycles. The van der Waals surface area contributed by atoms with Gasteiger partial charge in [0.1, 0.15) is 5.75 Å². The second-order valence-electron chi connectivity index (χ2n) is 5.64. The first kappa shape index (κ1) is 18.5. The van der Waals surface area contributed by atoms with Crippen molar-refractivity contribution < 1.29 is 18.9 Å². The summed E-state index contributed by atoms with van der Waals surface area (Å²) < 4.78 is 21.7. The van der Waals surface area contributed by atoms with Crippen molar-refractivity contribution in [2.45, 2.75) is 6.92 Å². The summed E-state index contributed by atoms with van der Waals surface area (Å²) >= 11 is 0. The molecule has 0 amide bonds. The van der Waals surface area contributed by atoms with Crippen LogP contribution in [0, 0.1) is 0 Å². The Morgan fingerprint density at radius 2 is 1.48 bits per heavy atom. The van der Waals surface area contributed by atoms with Crippen molar-refractivity contribution in [3.05, 3.63) is 48.7 Å². The predicted molar refractivity (Wildman–Crippen MR) is 104 cm³/mol. The molecule has 6 heteroatoms. The number of nitrogens with zero attached hydrogens (tertiary/aromatic N) is 2. The molecule has 0 aliphatic rings. The highest BCUT2D eigenvalue weighted by Gasteiger charge is 2.15. The zero-order valence-corrected chi connectivity index (χ0v) is 15.9. The van der Waals surface area contributed by atoms with Gasteiger partial charge in [0.05, 0.1) is 33.6 Å². The molecule has 0 aliphatic heterocycles. The van der Waals surface area contributed by atoms with E-state index in [9.17, 15) is 0 Å². The largest absolute Gasteiger partial charge is 0.494 e. The van der Waals surface area contributed by atoms with Crippen LogP contribution in [0.2, 0.25) is 0 Å². The molecule has 0 atom stereocenters. The highest BCUT2D eigenvalue weighted by Crippen LogP contribution is 2.40. The number of methoxy groups -OCH3 is 3.